The van der Waals surface area contributed by atoms with E-state index in [2.05, 4.69) is 5.32 Å². The van der Waals surface area contributed by atoms with Crippen molar-refractivity contribution >= 4 is 5.91 Å². The second-order valence-electron chi connectivity index (χ2n) is 4.20. The third kappa shape index (κ3) is 4.91. The predicted octanol–water partition coefficient (Wildman–Crippen LogP) is 1.94. The number of amides is 1. The van der Waals surface area contributed by atoms with Gasteiger partial charge in [0.2, 0.25) is 0 Å². The van der Waals surface area contributed by atoms with Crippen LogP contribution < -0.4 is 10.1 Å². The van der Waals surface area contributed by atoms with Gasteiger partial charge in [0.1, 0.15) is 5.75 Å². The van der Waals surface area contributed by atoms with Crippen molar-refractivity contribution in [3.8, 4) is 5.75 Å². The fraction of sp³-hybridized carbons (Fsp3) is 0.462. The van der Waals surface area contributed by atoms with Gasteiger partial charge in [0, 0.05) is 20.1 Å². The van der Waals surface area contributed by atoms with Crippen molar-refractivity contribution in [3.05, 3.63) is 29.3 Å². The van der Waals surface area contributed by atoms with Gasteiger partial charge in [-0.15, -0.1) is 0 Å². The van der Waals surface area contributed by atoms with Crippen LogP contribution in [-0.2, 0) is 11.0 Å². The zero-order valence-electron chi connectivity index (χ0n) is 12.0. The van der Waals surface area contributed by atoms with Crippen LogP contribution >= 0.6 is 0 Å². The molecule has 8 heteroatoms. The van der Waals surface area contributed by atoms with Crippen LogP contribution in [-0.4, -0.2) is 45.3 Å². The lowest BCUT2D eigenvalue weighted by Gasteiger charge is -2.15. The molecule has 0 atom stereocenters. The van der Waals surface area contributed by atoms with E-state index in [1.54, 1.807) is 7.05 Å². The first-order valence-corrected chi connectivity index (χ1v) is 6.08. The van der Waals surface area contributed by atoms with Gasteiger partial charge in [-0.2, -0.15) is 18.2 Å². The van der Waals surface area contributed by atoms with Crippen LogP contribution in [0, 0.1) is 0 Å². The third-order valence-electron chi connectivity index (χ3n) is 2.80. The topological polar surface area (TPSA) is 50.8 Å². The minimum Gasteiger partial charge on any atom is -0.496 e. The summed E-state index contributed by atoms with van der Waals surface area (Å²) >= 11 is 0. The molecule has 0 aliphatic rings. The van der Waals surface area contributed by atoms with Crippen molar-refractivity contribution in [1.82, 2.24) is 10.4 Å². The SMILES string of the molecule is COc1ccc(C(F)(F)F)cc1C(=O)NCCN(C)OC. The summed E-state index contributed by atoms with van der Waals surface area (Å²) in [4.78, 5) is 16.8. The van der Waals surface area contributed by atoms with E-state index >= 15 is 0 Å². The molecule has 0 saturated carbocycles. The molecule has 0 aromatic heterocycles. The standard InChI is InChI=1S/C13H17F3N2O3/c1-18(21-3)7-6-17-12(19)10-8-9(13(14,15)16)4-5-11(10)20-2/h4-5,8H,6-7H2,1-3H3,(H,17,19). The monoisotopic (exact) mass is 306 g/mol. The van der Waals surface area contributed by atoms with Gasteiger partial charge >= 0.3 is 6.18 Å². The van der Waals surface area contributed by atoms with Crippen LogP contribution in [0.25, 0.3) is 0 Å². The van der Waals surface area contributed by atoms with Crippen molar-refractivity contribution in [2.45, 2.75) is 6.18 Å². The fourth-order valence-electron chi connectivity index (χ4n) is 1.58. The van der Waals surface area contributed by atoms with Gasteiger partial charge < -0.3 is 14.9 Å². The average molecular weight is 306 g/mol. The number of hydrogen-bond donors (Lipinski definition) is 1. The lowest BCUT2D eigenvalue weighted by molar-refractivity contribution is -0.137. The molecule has 1 aromatic carbocycles. The Labute approximate surface area is 120 Å². The van der Waals surface area contributed by atoms with Crippen molar-refractivity contribution in [2.24, 2.45) is 0 Å². The lowest BCUT2D eigenvalue weighted by Crippen LogP contribution is -2.32. The summed E-state index contributed by atoms with van der Waals surface area (Å²) in [5.74, 6) is -0.553. The molecule has 1 rings (SSSR count). The van der Waals surface area contributed by atoms with Crippen molar-refractivity contribution in [3.63, 3.8) is 0 Å². The van der Waals surface area contributed by atoms with E-state index < -0.39 is 17.6 Å². The maximum atomic E-state index is 12.7. The molecule has 118 valence electrons. The molecule has 1 amide bonds. The summed E-state index contributed by atoms with van der Waals surface area (Å²) in [6.45, 7) is 0.617. The van der Waals surface area contributed by atoms with Crippen LogP contribution in [0.3, 0.4) is 0 Å². The quantitative estimate of drug-likeness (QED) is 0.816. The van der Waals surface area contributed by atoms with Crippen LogP contribution in [0.1, 0.15) is 15.9 Å². The van der Waals surface area contributed by atoms with Crippen molar-refractivity contribution in [1.29, 1.82) is 0 Å². The highest BCUT2D eigenvalue weighted by molar-refractivity contribution is 5.97. The maximum Gasteiger partial charge on any atom is 0.416 e. The summed E-state index contributed by atoms with van der Waals surface area (Å²) in [6.07, 6.45) is -4.52. The number of ether oxygens (including phenoxy) is 1. The van der Waals surface area contributed by atoms with Gasteiger partial charge in [-0.05, 0) is 18.2 Å². The van der Waals surface area contributed by atoms with Crippen LogP contribution in [0.5, 0.6) is 5.75 Å². The minimum atomic E-state index is -4.52. The summed E-state index contributed by atoms with van der Waals surface area (Å²) < 4.78 is 42.9. The maximum absolute atomic E-state index is 12.7. The van der Waals surface area contributed by atoms with E-state index in [-0.39, 0.29) is 17.9 Å². The molecule has 0 aliphatic heterocycles. The second-order valence-corrected chi connectivity index (χ2v) is 4.20. The summed E-state index contributed by atoms with van der Waals surface area (Å²) in [6, 6.07) is 2.77. The number of nitrogens with one attached hydrogen (secondary N) is 1. The van der Waals surface area contributed by atoms with E-state index in [4.69, 9.17) is 9.57 Å². The number of carbonyl (C=O) groups is 1. The van der Waals surface area contributed by atoms with Gasteiger partial charge in [0.15, 0.2) is 0 Å². The lowest BCUT2D eigenvalue weighted by atomic mass is 10.1. The Morgan fingerprint density at radius 1 is 1.33 bits per heavy atom. The molecule has 5 nitrogen and oxygen atoms in total. The Morgan fingerprint density at radius 3 is 2.52 bits per heavy atom. The molecule has 1 aromatic rings. The number of benzene rings is 1. The average Bonchev–Trinajstić information content (AvgIpc) is 2.45. The molecule has 0 aliphatic carbocycles. The number of hydrogen-bond acceptors (Lipinski definition) is 4. The van der Waals surface area contributed by atoms with Gasteiger partial charge in [0.05, 0.1) is 25.3 Å². The molecule has 0 saturated heterocycles. The number of nitrogens with zero attached hydrogens (tertiary/aromatic N) is 1. The third-order valence-corrected chi connectivity index (χ3v) is 2.80. The Balaban J connectivity index is 2.86. The number of carbonyl (C=O) groups excluding carboxylic acids is 1. The number of methoxy groups -OCH3 is 1. The van der Waals surface area contributed by atoms with Gasteiger partial charge in [-0.25, -0.2) is 0 Å². The molecule has 0 heterocycles. The predicted molar refractivity (Wildman–Crippen MR) is 70.0 cm³/mol. The molecule has 0 unspecified atom stereocenters. The number of likely N-dealkylation sites (N-methyl/N-ethyl adjacent to an activating group) is 1. The first kappa shape index (κ1) is 17.3. The summed E-state index contributed by atoms with van der Waals surface area (Å²) in [5.41, 5.74) is -1.06. The molecule has 0 fully saturated rings. The second kappa shape index (κ2) is 7.28. The van der Waals surface area contributed by atoms with Gasteiger partial charge in [-0.1, -0.05) is 0 Å². The highest BCUT2D eigenvalue weighted by Crippen LogP contribution is 2.32. The molecule has 1 N–H and O–H groups in total. The zero-order chi connectivity index (χ0) is 16.0. The Bertz CT molecular complexity index is 492. The summed E-state index contributed by atoms with van der Waals surface area (Å²) in [7, 11) is 4.42. The number of halogens is 3. The molecule has 0 bridgehead atoms. The smallest absolute Gasteiger partial charge is 0.416 e. The van der Waals surface area contributed by atoms with Crippen LogP contribution in [0.4, 0.5) is 13.2 Å². The number of alkyl halides is 3. The van der Waals surface area contributed by atoms with E-state index in [1.807, 2.05) is 0 Å². The zero-order valence-corrected chi connectivity index (χ0v) is 12.0. The largest absolute Gasteiger partial charge is 0.496 e. The highest BCUT2D eigenvalue weighted by atomic mass is 19.4. The molecule has 0 spiro atoms. The van der Waals surface area contributed by atoms with E-state index in [0.29, 0.717) is 6.54 Å². The molecular formula is C13H17F3N2O3. The normalized spacial score (nSPS) is 11.6. The molecule has 0 radical (unpaired) electrons. The number of rotatable bonds is 6. The van der Waals surface area contributed by atoms with Crippen LogP contribution in [0.15, 0.2) is 18.2 Å². The van der Waals surface area contributed by atoms with Crippen LogP contribution in [0.2, 0.25) is 0 Å². The fourth-order valence-corrected chi connectivity index (χ4v) is 1.58. The number of hydroxylamine groups is 2. The molecular weight excluding hydrogens is 289 g/mol. The summed E-state index contributed by atoms with van der Waals surface area (Å²) in [5, 5.41) is 3.99. The first-order chi connectivity index (χ1) is 9.79. The van der Waals surface area contributed by atoms with Gasteiger partial charge in [0.25, 0.3) is 5.91 Å². The van der Waals surface area contributed by atoms with E-state index in [9.17, 15) is 18.0 Å². The minimum absolute atomic E-state index is 0.0839. The Hall–Kier alpha value is -1.80. The van der Waals surface area contributed by atoms with Crippen molar-refractivity contribution < 1.29 is 27.5 Å². The van der Waals surface area contributed by atoms with Gasteiger partial charge in [-0.3, -0.25) is 4.79 Å². The molecule has 21 heavy (non-hydrogen) atoms. The van der Waals surface area contributed by atoms with E-state index in [1.165, 1.54) is 19.3 Å². The van der Waals surface area contributed by atoms with Crippen molar-refractivity contribution in [2.75, 3.05) is 34.4 Å². The first-order valence-electron chi connectivity index (χ1n) is 6.08. The Morgan fingerprint density at radius 2 is 2.00 bits per heavy atom. The Kier molecular flexibility index (Phi) is 5.98. The van der Waals surface area contributed by atoms with E-state index in [0.717, 1.165) is 18.2 Å². The highest BCUT2D eigenvalue weighted by Gasteiger charge is 2.32.